The van der Waals surface area contributed by atoms with Crippen LogP contribution in [-0.4, -0.2) is 9.97 Å². The number of nitrogens with one attached hydrogen (secondary N) is 1. The van der Waals surface area contributed by atoms with Crippen LogP contribution >= 0.6 is 11.8 Å². The van der Waals surface area contributed by atoms with Crippen LogP contribution in [-0.2, 0) is 17.9 Å². The third kappa shape index (κ3) is 2.51. The molecule has 4 nitrogen and oxygen atoms in total. The van der Waals surface area contributed by atoms with Gasteiger partial charge in [0.05, 0.1) is 5.69 Å². The van der Waals surface area contributed by atoms with Gasteiger partial charge in [0.15, 0.2) is 0 Å². The first-order valence-electron chi connectivity index (χ1n) is 6.66. The van der Waals surface area contributed by atoms with E-state index in [0.29, 0.717) is 0 Å². The number of nitrogen functional groups attached to an aromatic ring is 1. The summed E-state index contributed by atoms with van der Waals surface area (Å²) in [5.74, 6) is 9.09. The minimum atomic E-state index is 0.744. The van der Waals surface area contributed by atoms with Crippen molar-refractivity contribution in [3.8, 4) is 0 Å². The maximum absolute atomic E-state index is 5.58. The number of nitrogens with zero attached hydrogens (tertiary/aromatic N) is 2. The zero-order chi connectivity index (χ0) is 14.1. The first kappa shape index (κ1) is 13.4. The largest absolute Gasteiger partial charge is 0.308 e. The maximum Gasteiger partial charge on any atom is 0.148 e. The van der Waals surface area contributed by atoms with Crippen molar-refractivity contribution in [2.24, 2.45) is 5.84 Å². The molecule has 0 radical (unpaired) electrons. The average Bonchev–Trinajstić information content (AvgIpc) is 2.90. The zero-order valence-corrected chi connectivity index (χ0v) is 12.5. The van der Waals surface area contributed by atoms with Crippen LogP contribution in [0.1, 0.15) is 33.8 Å². The molecule has 0 bridgehead atoms. The minimum Gasteiger partial charge on any atom is -0.308 e. The first-order valence-corrected chi connectivity index (χ1v) is 7.82. The second kappa shape index (κ2) is 5.42. The molecule has 0 atom stereocenters. The van der Waals surface area contributed by atoms with Crippen molar-refractivity contribution in [2.75, 3.05) is 5.43 Å². The van der Waals surface area contributed by atoms with Crippen LogP contribution in [0.15, 0.2) is 18.2 Å². The molecule has 0 aliphatic carbocycles. The summed E-state index contributed by atoms with van der Waals surface area (Å²) in [5.41, 5.74) is 8.84. The fraction of sp³-hybridized carbons (Fsp3) is 0.333. The van der Waals surface area contributed by atoms with Crippen LogP contribution in [0.2, 0.25) is 0 Å². The van der Waals surface area contributed by atoms with Gasteiger partial charge in [-0.15, -0.1) is 0 Å². The van der Waals surface area contributed by atoms with Crippen LogP contribution in [0.3, 0.4) is 0 Å². The molecule has 0 saturated carbocycles. The monoisotopic (exact) mass is 286 g/mol. The van der Waals surface area contributed by atoms with E-state index in [0.717, 1.165) is 40.8 Å². The van der Waals surface area contributed by atoms with Gasteiger partial charge in [0.2, 0.25) is 0 Å². The van der Waals surface area contributed by atoms with Crippen molar-refractivity contribution < 1.29 is 0 Å². The Balaban J connectivity index is 1.92. The smallest absolute Gasteiger partial charge is 0.148 e. The van der Waals surface area contributed by atoms with Gasteiger partial charge >= 0.3 is 0 Å². The van der Waals surface area contributed by atoms with Crippen molar-refractivity contribution >= 4 is 17.6 Å². The normalized spacial score (nSPS) is 13.3. The molecule has 2 aromatic rings. The molecule has 0 saturated heterocycles. The average molecular weight is 286 g/mol. The third-order valence-corrected chi connectivity index (χ3v) is 4.66. The van der Waals surface area contributed by atoms with E-state index in [-0.39, 0.29) is 0 Å². The topological polar surface area (TPSA) is 63.8 Å². The first-order chi connectivity index (χ1) is 9.67. The Bertz CT molecular complexity index is 655. The summed E-state index contributed by atoms with van der Waals surface area (Å²) in [6.45, 7) is 4.25. The molecule has 0 spiro atoms. The lowest BCUT2D eigenvalue weighted by molar-refractivity contribution is 0.924. The molecule has 0 unspecified atom stereocenters. The minimum absolute atomic E-state index is 0.744. The van der Waals surface area contributed by atoms with Gasteiger partial charge in [-0.1, -0.05) is 18.2 Å². The molecule has 1 aromatic heterocycles. The molecular formula is C15H18N4S. The lowest BCUT2D eigenvalue weighted by atomic mass is 10.0. The summed E-state index contributed by atoms with van der Waals surface area (Å²) in [6, 6.07) is 6.50. The Kier molecular flexibility index (Phi) is 3.63. The van der Waals surface area contributed by atoms with E-state index in [4.69, 9.17) is 5.84 Å². The summed E-state index contributed by atoms with van der Waals surface area (Å²) in [4.78, 5) is 9.23. The molecule has 1 aliphatic heterocycles. The van der Waals surface area contributed by atoms with Crippen molar-refractivity contribution in [3.05, 3.63) is 52.0 Å². The highest BCUT2D eigenvalue weighted by Gasteiger charge is 2.19. The molecule has 2 heterocycles. The summed E-state index contributed by atoms with van der Waals surface area (Å²) >= 11 is 1.85. The fourth-order valence-electron chi connectivity index (χ4n) is 2.40. The standard InChI is InChI=1S/C15H18N4S/c1-9-3-4-11(5-10(9)2)6-14-17-13-8-20-7-12(13)15(18-14)19-16/h3-5H,6-8,16H2,1-2H3,(H,17,18,19). The summed E-state index contributed by atoms with van der Waals surface area (Å²) in [5, 5.41) is 0. The third-order valence-electron chi connectivity index (χ3n) is 3.69. The highest BCUT2D eigenvalue weighted by atomic mass is 32.2. The number of rotatable bonds is 3. The number of hydrogen-bond acceptors (Lipinski definition) is 5. The van der Waals surface area contributed by atoms with Crippen molar-refractivity contribution in [1.82, 2.24) is 9.97 Å². The van der Waals surface area contributed by atoms with E-state index < -0.39 is 0 Å². The number of anilines is 1. The van der Waals surface area contributed by atoms with Gasteiger partial charge in [0, 0.05) is 23.5 Å². The Labute approximate surface area is 123 Å². The number of thioether (sulfide) groups is 1. The molecule has 1 aromatic carbocycles. The number of aryl methyl sites for hydroxylation is 2. The Morgan fingerprint density at radius 1 is 1.20 bits per heavy atom. The summed E-state index contributed by atoms with van der Waals surface area (Å²) in [7, 11) is 0. The SMILES string of the molecule is Cc1ccc(Cc2nc3c(c(NN)n2)CSC3)cc1C. The van der Waals surface area contributed by atoms with E-state index in [9.17, 15) is 0 Å². The lowest BCUT2D eigenvalue weighted by Crippen LogP contribution is -2.14. The molecule has 0 fully saturated rings. The van der Waals surface area contributed by atoms with Gasteiger partial charge in [0.25, 0.3) is 0 Å². The van der Waals surface area contributed by atoms with Gasteiger partial charge in [-0.3, -0.25) is 0 Å². The van der Waals surface area contributed by atoms with Crippen molar-refractivity contribution in [1.29, 1.82) is 0 Å². The molecule has 0 amide bonds. The second-order valence-electron chi connectivity index (χ2n) is 5.15. The summed E-state index contributed by atoms with van der Waals surface area (Å²) in [6.07, 6.45) is 0.744. The number of hydrogen-bond donors (Lipinski definition) is 2. The van der Waals surface area contributed by atoms with Crippen LogP contribution in [0.4, 0.5) is 5.82 Å². The van der Waals surface area contributed by atoms with E-state index in [1.807, 2.05) is 11.8 Å². The molecule has 3 N–H and O–H groups in total. The Morgan fingerprint density at radius 2 is 2.05 bits per heavy atom. The highest BCUT2D eigenvalue weighted by Crippen LogP contribution is 2.32. The molecular weight excluding hydrogens is 268 g/mol. The fourth-order valence-corrected chi connectivity index (χ4v) is 3.44. The van der Waals surface area contributed by atoms with Gasteiger partial charge in [0.1, 0.15) is 11.6 Å². The second-order valence-corrected chi connectivity index (χ2v) is 6.13. The molecule has 1 aliphatic rings. The number of benzene rings is 1. The van der Waals surface area contributed by atoms with Gasteiger partial charge in [-0.05, 0) is 30.5 Å². The van der Waals surface area contributed by atoms with Crippen LogP contribution in [0, 0.1) is 13.8 Å². The van der Waals surface area contributed by atoms with Crippen molar-refractivity contribution in [2.45, 2.75) is 31.8 Å². The molecule has 20 heavy (non-hydrogen) atoms. The highest BCUT2D eigenvalue weighted by molar-refractivity contribution is 7.98. The predicted octanol–water partition coefficient (Wildman–Crippen LogP) is 2.72. The molecule has 5 heteroatoms. The van der Waals surface area contributed by atoms with Crippen LogP contribution in [0.5, 0.6) is 0 Å². The van der Waals surface area contributed by atoms with E-state index >= 15 is 0 Å². The molecule has 104 valence electrons. The van der Waals surface area contributed by atoms with Crippen molar-refractivity contribution in [3.63, 3.8) is 0 Å². The van der Waals surface area contributed by atoms with Crippen LogP contribution in [0.25, 0.3) is 0 Å². The van der Waals surface area contributed by atoms with Gasteiger partial charge in [-0.25, -0.2) is 15.8 Å². The van der Waals surface area contributed by atoms with Crippen LogP contribution < -0.4 is 11.3 Å². The zero-order valence-electron chi connectivity index (χ0n) is 11.7. The van der Waals surface area contributed by atoms with Gasteiger partial charge < -0.3 is 5.43 Å². The maximum atomic E-state index is 5.58. The predicted molar refractivity (Wildman–Crippen MR) is 83.6 cm³/mol. The van der Waals surface area contributed by atoms with E-state index in [2.05, 4.69) is 47.4 Å². The number of nitrogens with two attached hydrogens (primary N) is 1. The van der Waals surface area contributed by atoms with E-state index in [1.165, 1.54) is 16.7 Å². The number of aromatic nitrogens is 2. The Morgan fingerprint density at radius 3 is 2.80 bits per heavy atom. The molecule has 3 rings (SSSR count). The number of fused-ring (bicyclic) bond motifs is 1. The summed E-state index contributed by atoms with van der Waals surface area (Å²) < 4.78 is 0. The Hall–Kier alpha value is -1.59. The van der Waals surface area contributed by atoms with Gasteiger partial charge in [-0.2, -0.15) is 11.8 Å². The van der Waals surface area contributed by atoms with E-state index in [1.54, 1.807) is 0 Å². The number of hydrazine groups is 1. The lowest BCUT2D eigenvalue weighted by Gasteiger charge is -2.09. The quantitative estimate of drug-likeness (QED) is 0.671.